The quantitative estimate of drug-likeness (QED) is 0.632. The van der Waals surface area contributed by atoms with Gasteiger partial charge in [-0.05, 0) is 6.92 Å². The highest BCUT2D eigenvalue weighted by Crippen LogP contribution is 2.33. The molecular formula is C9H16N2O2. The molecule has 0 aromatic carbocycles. The molecule has 0 aromatic rings. The number of nitrogens with zero attached hydrogens (tertiary/aromatic N) is 1. The van der Waals surface area contributed by atoms with E-state index in [-0.39, 0.29) is 12.7 Å². The lowest BCUT2D eigenvalue weighted by Crippen LogP contribution is -2.57. The van der Waals surface area contributed by atoms with Crippen molar-refractivity contribution in [3.8, 4) is 6.07 Å². The molecular weight excluding hydrogens is 168 g/mol. The Labute approximate surface area is 78.5 Å². The van der Waals surface area contributed by atoms with Crippen molar-refractivity contribution < 1.29 is 9.84 Å². The van der Waals surface area contributed by atoms with E-state index in [1.54, 1.807) is 0 Å². The average Bonchev–Trinajstić information content (AvgIpc) is 2.09. The molecule has 0 amide bonds. The molecule has 1 aliphatic rings. The third-order valence-electron chi connectivity index (χ3n) is 2.34. The van der Waals surface area contributed by atoms with Crippen LogP contribution in [0.2, 0.25) is 0 Å². The van der Waals surface area contributed by atoms with Crippen LogP contribution in [0, 0.1) is 11.3 Å². The summed E-state index contributed by atoms with van der Waals surface area (Å²) in [7, 11) is 0. The van der Waals surface area contributed by atoms with Crippen LogP contribution in [-0.4, -0.2) is 36.5 Å². The van der Waals surface area contributed by atoms with E-state index in [1.165, 1.54) is 0 Å². The second-order valence-corrected chi connectivity index (χ2v) is 3.33. The van der Waals surface area contributed by atoms with E-state index in [9.17, 15) is 0 Å². The van der Waals surface area contributed by atoms with Crippen LogP contribution in [0.3, 0.4) is 0 Å². The lowest BCUT2D eigenvalue weighted by molar-refractivity contribution is -0.0321. The van der Waals surface area contributed by atoms with E-state index in [4.69, 9.17) is 15.1 Å². The topological polar surface area (TPSA) is 65.3 Å². The molecule has 0 bridgehead atoms. The third-order valence-corrected chi connectivity index (χ3v) is 2.34. The Balaban J connectivity index is 2.28. The molecule has 74 valence electrons. The van der Waals surface area contributed by atoms with Gasteiger partial charge in [0.25, 0.3) is 0 Å². The number of nitriles is 1. The van der Waals surface area contributed by atoms with E-state index in [0.717, 1.165) is 12.8 Å². The SMILES string of the molecule is CCOC1CC(C#N)(NCCO)C1. The number of aliphatic hydroxyl groups is 1. The maximum Gasteiger partial charge on any atom is 0.111 e. The van der Waals surface area contributed by atoms with Crippen molar-refractivity contribution in [3.63, 3.8) is 0 Å². The summed E-state index contributed by atoms with van der Waals surface area (Å²) in [4.78, 5) is 0. The molecule has 0 heterocycles. The van der Waals surface area contributed by atoms with E-state index in [0.29, 0.717) is 13.2 Å². The Morgan fingerprint density at radius 2 is 2.38 bits per heavy atom. The summed E-state index contributed by atoms with van der Waals surface area (Å²) >= 11 is 0. The van der Waals surface area contributed by atoms with Crippen LogP contribution in [-0.2, 0) is 4.74 Å². The molecule has 0 aliphatic heterocycles. The maximum absolute atomic E-state index is 8.90. The molecule has 0 spiro atoms. The minimum atomic E-state index is -0.442. The standard InChI is InChI=1S/C9H16N2O2/c1-2-13-8-5-9(6-8,7-10)11-3-4-12/h8,11-12H,2-6H2,1H3. The van der Waals surface area contributed by atoms with Crippen molar-refractivity contribution in [2.75, 3.05) is 19.8 Å². The van der Waals surface area contributed by atoms with Crippen molar-refractivity contribution in [2.45, 2.75) is 31.4 Å². The Morgan fingerprint density at radius 1 is 1.69 bits per heavy atom. The van der Waals surface area contributed by atoms with Gasteiger partial charge in [0.15, 0.2) is 0 Å². The zero-order valence-electron chi connectivity index (χ0n) is 7.92. The van der Waals surface area contributed by atoms with Crippen molar-refractivity contribution in [1.29, 1.82) is 5.26 Å². The zero-order valence-corrected chi connectivity index (χ0v) is 7.92. The van der Waals surface area contributed by atoms with Crippen molar-refractivity contribution in [3.05, 3.63) is 0 Å². The fraction of sp³-hybridized carbons (Fsp3) is 0.889. The number of hydrogen-bond acceptors (Lipinski definition) is 4. The Morgan fingerprint density at radius 3 is 2.85 bits per heavy atom. The molecule has 0 aromatic heterocycles. The third kappa shape index (κ3) is 2.41. The van der Waals surface area contributed by atoms with Gasteiger partial charge in [0.05, 0.1) is 18.8 Å². The van der Waals surface area contributed by atoms with Crippen molar-refractivity contribution >= 4 is 0 Å². The number of nitrogens with one attached hydrogen (secondary N) is 1. The van der Waals surface area contributed by atoms with Gasteiger partial charge in [-0.3, -0.25) is 5.32 Å². The predicted molar refractivity (Wildman–Crippen MR) is 48.1 cm³/mol. The first kappa shape index (κ1) is 10.5. The highest BCUT2D eigenvalue weighted by molar-refractivity contribution is 5.16. The van der Waals surface area contributed by atoms with Crippen LogP contribution < -0.4 is 5.32 Å². The summed E-state index contributed by atoms with van der Waals surface area (Å²) < 4.78 is 5.36. The van der Waals surface area contributed by atoms with Crippen molar-refractivity contribution in [1.82, 2.24) is 5.32 Å². The molecule has 0 saturated heterocycles. The molecule has 1 fully saturated rings. The molecule has 0 radical (unpaired) electrons. The number of hydrogen-bond donors (Lipinski definition) is 2. The molecule has 0 atom stereocenters. The van der Waals surface area contributed by atoms with Gasteiger partial charge in [-0.1, -0.05) is 0 Å². The van der Waals surface area contributed by atoms with Gasteiger partial charge in [-0.25, -0.2) is 0 Å². The lowest BCUT2D eigenvalue weighted by atomic mass is 9.75. The molecule has 1 saturated carbocycles. The molecule has 13 heavy (non-hydrogen) atoms. The summed E-state index contributed by atoms with van der Waals surface area (Å²) in [5.74, 6) is 0. The fourth-order valence-electron chi connectivity index (χ4n) is 1.64. The van der Waals surface area contributed by atoms with E-state index in [1.807, 2.05) is 6.92 Å². The van der Waals surface area contributed by atoms with Crippen LogP contribution in [0.25, 0.3) is 0 Å². The fourth-order valence-corrected chi connectivity index (χ4v) is 1.64. The minimum Gasteiger partial charge on any atom is -0.395 e. The highest BCUT2D eigenvalue weighted by atomic mass is 16.5. The number of aliphatic hydroxyl groups excluding tert-OH is 1. The number of rotatable bonds is 5. The average molecular weight is 184 g/mol. The second-order valence-electron chi connectivity index (χ2n) is 3.33. The summed E-state index contributed by atoms with van der Waals surface area (Å²) in [6.45, 7) is 3.20. The molecule has 2 N–H and O–H groups in total. The number of β-amino-alcohol motifs (C(OH)–C–C–N with tert-alkyl or cyclic N) is 1. The summed E-state index contributed by atoms with van der Waals surface area (Å²) in [6, 6.07) is 2.24. The van der Waals surface area contributed by atoms with Gasteiger partial charge in [-0.2, -0.15) is 5.26 Å². The van der Waals surface area contributed by atoms with Gasteiger partial charge >= 0.3 is 0 Å². The van der Waals surface area contributed by atoms with Gasteiger partial charge in [0, 0.05) is 26.0 Å². The van der Waals surface area contributed by atoms with E-state index < -0.39 is 5.54 Å². The van der Waals surface area contributed by atoms with Gasteiger partial charge in [0.2, 0.25) is 0 Å². The molecule has 1 aliphatic carbocycles. The van der Waals surface area contributed by atoms with Gasteiger partial charge in [0.1, 0.15) is 5.54 Å². The molecule has 1 rings (SSSR count). The van der Waals surface area contributed by atoms with E-state index in [2.05, 4.69) is 11.4 Å². The Kier molecular flexibility index (Phi) is 3.67. The molecule has 4 heteroatoms. The predicted octanol–water partition coefficient (Wildman–Crippen LogP) is 0.0296. The van der Waals surface area contributed by atoms with E-state index >= 15 is 0 Å². The normalized spacial score (nSPS) is 32.2. The largest absolute Gasteiger partial charge is 0.395 e. The molecule has 0 unspecified atom stereocenters. The van der Waals surface area contributed by atoms with Crippen LogP contribution in [0.4, 0.5) is 0 Å². The number of ether oxygens (including phenoxy) is 1. The smallest absolute Gasteiger partial charge is 0.111 e. The maximum atomic E-state index is 8.90. The first-order valence-corrected chi connectivity index (χ1v) is 4.65. The minimum absolute atomic E-state index is 0.0722. The van der Waals surface area contributed by atoms with Crippen LogP contribution in [0.15, 0.2) is 0 Å². The second kappa shape index (κ2) is 4.56. The summed E-state index contributed by atoms with van der Waals surface area (Å²) in [6.07, 6.45) is 1.69. The van der Waals surface area contributed by atoms with Crippen molar-refractivity contribution in [2.24, 2.45) is 0 Å². The van der Waals surface area contributed by atoms with Crippen LogP contribution >= 0.6 is 0 Å². The first-order valence-electron chi connectivity index (χ1n) is 4.65. The summed E-state index contributed by atoms with van der Waals surface area (Å²) in [5.41, 5.74) is -0.442. The highest BCUT2D eigenvalue weighted by Gasteiger charge is 2.44. The molecule has 4 nitrogen and oxygen atoms in total. The first-order chi connectivity index (χ1) is 6.26. The monoisotopic (exact) mass is 184 g/mol. The zero-order chi connectivity index (χ0) is 9.73. The Bertz CT molecular complexity index is 194. The van der Waals surface area contributed by atoms with Crippen LogP contribution in [0.1, 0.15) is 19.8 Å². The lowest BCUT2D eigenvalue weighted by Gasteiger charge is -2.42. The van der Waals surface area contributed by atoms with Gasteiger partial charge < -0.3 is 9.84 Å². The van der Waals surface area contributed by atoms with Gasteiger partial charge in [-0.15, -0.1) is 0 Å². The summed E-state index contributed by atoms with van der Waals surface area (Å²) in [5, 5.41) is 20.5. The van der Waals surface area contributed by atoms with Crippen LogP contribution in [0.5, 0.6) is 0 Å². The Hall–Kier alpha value is -0.630.